The summed E-state index contributed by atoms with van der Waals surface area (Å²) in [5.74, 6) is 1.76. The van der Waals surface area contributed by atoms with Gasteiger partial charge >= 0.3 is 0 Å². The van der Waals surface area contributed by atoms with Crippen molar-refractivity contribution in [2.24, 2.45) is 0 Å². The molecule has 4 nitrogen and oxygen atoms in total. The lowest BCUT2D eigenvalue weighted by Gasteiger charge is -2.10. The quantitative estimate of drug-likeness (QED) is 0.887. The first-order chi connectivity index (χ1) is 10.3. The van der Waals surface area contributed by atoms with Crippen LogP contribution in [0.3, 0.4) is 0 Å². The Morgan fingerprint density at radius 1 is 1.48 bits per heavy atom. The Morgan fingerprint density at radius 3 is 3.14 bits per heavy atom. The van der Waals surface area contributed by atoms with Crippen molar-refractivity contribution in [2.75, 3.05) is 13.2 Å². The minimum absolute atomic E-state index is 0.301. The van der Waals surface area contributed by atoms with E-state index in [1.807, 2.05) is 24.4 Å². The average molecular weight is 304 g/mol. The van der Waals surface area contributed by atoms with Crippen LogP contribution in [0.15, 0.2) is 23.6 Å². The molecule has 1 unspecified atom stereocenters. The minimum Gasteiger partial charge on any atom is -0.491 e. The molecule has 21 heavy (non-hydrogen) atoms. The van der Waals surface area contributed by atoms with Gasteiger partial charge in [0, 0.05) is 22.7 Å². The molecule has 1 aromatic carbocycles. The summed E-state index contributed by atoms with van der Waals surface area (Å²) in [5, 5.41) is 6.53. The number of rotatable bonds is 6. The van der Waals surface area contributed by atoms with Crippen LogP contribution in [0.2, 0.25) is 0 Å². The Balaban J connectivity index is 1.64. The van der Waals surface area contributed by atoms with Crippen molar-refractivity contribution in [1.29, 1.82) is 0 Å². The van der Waals surface area contributed by atoms with Crippen LogP contribution >= 0.6 is 11.3 Å². The molecule has 3 rings (SSSR count). The Bertz CT molecular complexity index is 612. The normalized spacial score (nSPS) is 16.6. The number of thiazole rings is 1. The van der Waals surface area contributed by atoms with E-state index < -0.39 is 0 Å². The average Bonchev–Trinajstić information content (AvgIpc) is 3.09. The number of fused-ring (bicyclic) bond motifs is 1. The lowest BCUT2D eigenvalue weighted by molar-refractivity contribution is 0.296. The molecule has 0 bridgehead atoms. The van der Waals surface area contributed by atoms with Crippen LogP contribution in [-0.4, -0.2) is 18.1 Å². The Hall–Kier alpha value is -1.59. The molecular formula is C16H20N2O2S. The van der Waals surface area contributed by atoms with Gasteiger partial charge in [0.15, 0.2) is 0 Å². The van der Waals surface area contributed by atoms with Gasteiger partial charge in [-0.2, -0.15) is 0 Å². The maximum Gasteiger partial charge on any atom is 0.140 e. The van der Waals surface area contributed by atoms with Crippen molar-refractivity contribution in [3.8, 4) is 11.5 Å². The molecule has 2 aromatic rings. The lowest BCUT2D eigenvalue weighted by Crippen LogP contribution is -2.22. The van der Waals surface area contributed by atoms with E-state index in [9.17, 15) is 0 Å². The van der Waals surface area contributed by atoms with Crippen molar-refractivity contribution in [2.45, 2.75) is 32.9 Å². The molecule has 0 aliphatic carbocycles. The molecule has 0 saturated carbocycles. The number of aryl methyl sites for hydroxylation is 1. The molecule has 1 aliphatic heterocycles. The SMILES string of the molecule is CCCNC1COc2cc(OCc3nc(C)cs3)ccc21. The second-order valence-electron chi connectivity index (χ2n) is 5.19. The minimum atomic E-state index is 0.301. The summed E-state index contributed by atoms with van der Waals surface area (Å²) >= 11 is 1.63. The fourth-order valence-corrected chi connectivity index (χ4v) is 3.06. The maximum absolute atomic E-state index is 5.79. The Kier molecular flexibility index (Phi) is 4.41. The highest BCUT2D eigenvalue weighted by molar-refractivity contribution is 7.09. The van der Waals surface area contributed by atoms with Crippen molar-refractivity contribution >= 4 is 11.3 Å². The van der Waals surface area contributed by atoms with Gasteiger partial charge < -0.3 is 14.8 Å². The van der Waals surface area contributed by atoms with E-state index in [0.29, 0.717) is 19.3 Å². The monoisotopic (exact) mass is 304 g/mol. The van der Waals surface area contributed by atoms with Crippen molar-refractivity contribution in [3.05, 3.63) is 39.8 Å². The molecule has 0 amide bonds. The highest BCUT2D eigenvalue weighted by atomic mass is 32.1. The second-order valence-corrected chi connectivity index (χ2v) is 6.13. The molecule has 2 heterocycles. The van der Waals surface area contributed by atoms with Crippen molar-refractivity contribution in [3.63, 3.8) is 0 Å². The smallest absolute Gasteiger partial charge is 0.140 e. The van der Waals surface area contributed by atoms with Gasteiger partial charge in [-0.25, -0.2) is 4.98 Å². The first-order valence-corrected chi connectivity index (χ1v) is 8.18. The molecule has 0 saturated heterocycles. The highest BCUT2D eigenvalue weighted by Crippen LogP contribution is 2.35. The lowest BCUT2D eigenvalue weighted by atomic mass is 10.1. The summed E-state index contributed by atoms with van der Waals surface area (Å²) < 4.78 is 11.5. The summed E-state index contributed by atoms with van der Waals surface area (Å²) in [6, 6.07) is 6.38. The van der Waals surface area contributed by atoms with E-state index in [1.165, 1.54) is 5.56 Å². The Labute approximate surface area is 129 Å². The summed E-state index contributed by atoms with van der Waals surface area (Å²) in [5.41, 5.74) is 2.27. The van der Waals surface area contributed by atoms with Gasteiger partial charge in [0.1, 0.15) is 29.7 Å². The summed E-state index contributed by atoms with van der Waals surface area (Å²) in [4.78, 5) is 4.40. The Morgan fingerprint density at radius 2 is 2.38 bits per heavy atom. The number of benzene rings is 1. The van der Waals surface area contributed by atoms with E-state index >= 15 is 0 Å². The molecule has 1 aliphatic rings. The largest absolute Gasteiger partial charge is 0.491 e. The van der Waals surface area contributed by atoms with Gasteiger partial charge in [-0.3, -0.25) is 0 Å². The molecule has 1 atom stereocenters. The van der Waals surface area contributed by atoms with E-state index in [-0.39, 0.29) is 0 Å². The standard InChI is InChI=1S/C16H20N2O2S/c1-3-6-17-14-8-20-15-7-12(4-5-13(14)15)19-9-16-18-11(2)10-21-16/h4-5,7,10,14,17H,3,6,8-9H2,1-2H3. The number of nitrogens with zero attached hydrogens (tertiary/aromatic N) is 1. The van der Waals surface area contributed by atoms with Crippen LogP contribution < -0.4 is 14.8 Å². The third-order valence-corrected chi connectivity index (χ3v) is 4.38. The molecular weight excluding hydrogens is 284 g/mol. The first kappa shape index (κ1) is 14.4. The topological polar surface area (TPSA) is 43.4 Å². The van der Waals surface area contributed by atoms with Crippen LogP contribution in [0.4, 0.5) is 0 Å². The van der Waals surface area contributed by atoms with E-state index in [4.69, 9.17) is 9.47 Å². The van der Waals surface area contributed by atoms with Crippen molar-refractivity contribution < 1.29 is 9.47 Å². The fourth-order valence-electron chi connectivity index (χ4n) is 2.38. The van der Waals surface area contributed by atoms with Crippen LogP contribution in [0.25, 0.3) is 0 Å². The van der Waals surface area contributed by atoms with Gasteiger partial charge in [-0.1, -0.05) is 6.92 Å². The number of aromatic nitrogens is 1. The molecule has 1 N–H and O–H groups in total. The summed E-state index contributed by atoms with van der Waals surface area (Å²) in [6.45, 7) is 6.38. The zero-order valence-electron chi connectivity index (χ0n) is 12.4. The van der Waals surface area contributed by atoms with Gasteiger partial charge in [-0.05, 0) is 32.0 Å². The fraction of sp³-hybridized carbons (Fsp3) is 0.438. The predicted octanol–water partition coefficient (Wildman–Crippen LogP) is 3.46. The number of hydrogen-bond acceptors (Lipinski definition) is 5. The van der Waals surface area contributed by atoms with Crippen LogP contribution in [0, 0.1) is 6.92 Å². The highest BCUT2D eigenvalue weighted by Gasteiger charge is 2.23. The summed E-state index contributed by atoms with van der Waals surface area (Å²) in [6.07, 6.45) is 1.13. The van der Waals surface area contributed by atoms with Crippen LogP contribution in [0.5, 0.6) is 11.5 Å². The molecule has 1 aromatic heterocycles. The number of hydrogen-bond donors (Lipinski definition) is 1. The zero-order chi connectivity index (χ0) is 14.7. The van der Waals surface area contributed by atoms with E-state index in [2.05, 4.69) is 23.3 Å². The molecule has 0 fully saturated rings. The third kappa shape index (κ3) is 3.36. The molecule has 0 radical (unpaired) electrons. The van der Waals surface area contributed by atoms with Crippen molar-refractivity contribution in [1.82, 2.24) is 10.3 Å². The summed E-state index contributed by atoms with van der Waals surface area (Å²) in [7, 11) is 0. The van der Waals surface area contributed by atoms with E-state index in [1.54, 1.807) is 11.3 Å². The third-order valence-electron chi connectivity index (χ3n) is 3.44. The molecule has 112 valence electrons. The zero-order valence-corrected chi connectivity index (χ0v) is 13.2. The number of nitrogens with one attached hydrogen (secondary N) is 1. The second kappa shape index (κ2) is 6.45. The first-order valence-electron chi connectivity index (χ1n) is 7.30. The maximum atomic E-state index is 5.79. The van der Waals surface area contributed by atoms with Crippen LogP contribution in [0.1, 0.15) is 35.7 Å². The van der Waals surface area contributed by atoms with Gasteiger partial charge in [0.05, 0.1) is 6.04 Å². The number of ether oxygens (including phenoxy) is 2. The van der Waals surface area contributed by atoms with Gasteiger partial charge in [0.25, 0.3) is 0 Å². The predicted molar refractivity (Wildman–Crippen MR) is 84.2 cm³/mol. The molecule has 5 heteroatoms. The molecule has 0 spiro atoms. The van der Waals surface area contributed by atoms with Crippen LogP contribution in [-0.2, 0) is 6.61 Å². The van der Waals surface area contributed by atoms with E-state index in [0.717, 1.165) is 35.2 Å². The van der Waals surface area contributed by atoms with Gasteiger partial charge in [0.2, 0.25) is 0 Å². The van der Waals surface area contributed by atoms with Gasteiger partial charge in [-0.15, -0.1) is 11.3 Å².